The van der Waals surface area contributed by atoms with Gasteiger partial charge >= 0.3 is 6.03 Å². The van der Waals surface area contributed by atoms with Crippen molar-refractivity contribution in [3.8, 4) is 0 Å². The molecule has 4 nitrogen and oxygen atoms in total. The molecule has 0 radical (unpaired) electrons. The van der Waals surface area contributed by atoms with Gasteiger partial charge in [0.2, 0.25) is 0 Å². The lowest BCUT2D eigenvalue weighted by molar-refractivity contribution is -0.0591. The van der Waals surface area contributed by atoms with Crippen LogP contribution in [0.25, 0.3) is 0 Å². The maximum absolute atomic E-state index is 11.6. The summed E-state index contributed by atoms with van der Waals surface area (Å²) in [5.41, 5.74) is 0. The van der Waals surface area contributed by atoms with Crippen molar-refractivity contribution in [2.75, 3.05) is 20.0 Å². The van der Waals surface area contributed by atoms with Crippen LogP contribution in [0.4, 0.5) is 4.79 Å². The van der Waals surface area contributed by atoms with Crippen molar-refractivity contribution in [3.63, 3.8) is 0 Å². The summed E-state index contributed by atoms with van der Waals surface area (Å²) in [4.78, 5) is 15.0. The van der Waals surface area contributed by atoms with Crippen LogP contribution < -0.4 is 0 Å². The Bertz CT molecular complexity index is 170. The van der Waals surface area contributed by atoms with E-state index in [9.17, 15) is 4.79 Å². The molecular weight excluding hydrogens is 156 g/mol. The summed E-state index contributed by atoms with van der Waals surface area (Å²) in [6.07, 6.45) is 0. The van der Waals surface area contributed by atoms with Crippen LogP contribution in [0.5, 0.6) is 0 Å². The van der Waals surface area contributed by atoms with Gasteiger partial charge in [-0.2, -0.15) is 0 Å². The highest BCUT2D eigenvalue weighted by molar-refractivity contribution is 5.74. The summed E-state index contributed by atoms with van der Waals surface area (Å²) in [5, 5.41) is 0. The summed E-state index contributed by atoms with van der Waals surface area (Å²) in [7, 11) is 0. The quantitative estimate of drug-likeness (QED) is 0.624. The lowest BCUT2D eigenvalue weighted by Gasteiger charge is -2.36. The molecule has 0 spiro atoms. The summed E-state index contributed by atoms with van der Waals surface area (Å²) in [6.45, 7) is 7.49. The van der Waals surface area contributed by atoms with Gasteiger partial charge in [0.1, 0.15) is 13.5 Å². The predicted molar refractivity (Wildman–Crippen MR) is 45.6 cm³/mol. The molecular formula is C8H16N2O2. The molecule has 1 aliphatic heterocycles. The number of rotatable bonds is 2. The molecule has 0 aromatic heterocycles. The van der Waals surface area contributed by atoms with Gasteiger partial charge in [-0.05, 0) is 20.8 Å². The Morgan fingerprint density at radius 1 is 1.50 bits per heavy atom. The fourth-order valence-electron chi connectivity index (χ4n) is 1.14. The van der Waals surface area contributed by atoms with Gasteiger partial charge in [0.25, 0.3) is 0 Å². The van der Waals surface area contributed by atoms with E-state index in [1.54, 1.807) is 9.80 Å². The van der Waals surface area contributed by atoms with Crippen molar-refractivity contribution in [2.24, 2.45) is 0 Å². The lowest BCUT2D eigenvalue weighted by Crippen LogP contribution is -2.52. The summed E-state index contributed by atoms with van der Waals surface area (Å²) in [6, 6.07) is 0.297. The highest BCUT2D eigenvalue weighted by Crippen LogP contribution is 2.09. The molecule has 1 fully saturated rings. The van der Waals surface area contributed by atoms with E-state index >= 15 is 0 Å². The molecule has 12 heavy (non-hydrogen) atoms. The maximum Gasteiger partial charge on any atom is 0.323 e. The Hall–Kier alpha value is -0.770. The molecule has 0 N–H and O–H groups in total. The zero-order valence-corrected chi connectivity index (χ0v) is 7.91. The molecule has 0 atom stereocenters. The van der Waals surface area contributed by atoms with Gasteiger partial charge in [0.05, 0.1) is 0 Å². The largest absolute Gasteiger partial charge is 0.341 e. The molecule has 0 aromatic rings. The molecule has 1 aliphatic rings. The van der Waals surface area contributed by atoms with Gasteiger partial charge in [0.15, 0.2) is 0 Å². The molecule has 0 unspecified atom stereocenters. The van der Waals surface area contributed by atoms with Crippen LogP contribution in [0.2, 0.25) is 0 Å². The van der Waals surface area contributed by atoms with Gasteiger partial charge in [0, 0.05) is 12.6 Å². The number of carbonyl (C=O) groups is 1. The normalized spacial score (nSPS) is 19.2. The molecule has 0 saturated carbocycles. The second-order valence-electron chi connectivity index (χ2n) is 3.16. The monoisotopic (exact) mass is 172 g/mol. The van der Waals surface area contributed by atoms with E-state index in [-0.39, 0.29) is 12.1 Å². The Morgan fingerprint density at radius 2 is 2.17 bits per heavy atom. The van der Waals surface area contributed by atoms with Gasteiger partial charge in [-0.1, -0.05) is 0 Å². The van der Waals surface area contributed by atoms with Crippen LogP contribution >= 0.6 is 0 Å². The number of nitrogens with zero attached hydrogens (tertiary/aromatic N) is 2. The first-order valence-corrected chi connectivity index (χ1v) is 4.30. The van der Waals surface area contributed by atoms with Crippen LogP contribution in [0, 0.1) is 0 Å². The molecule has 2 amide bonds. The highest BCUT2D eigenvalue weighted by atomic mass is 16.5. The average molecular weight is 172 g/mol. The minimum absolute atomic E-state index is 0.0822. The van der Waals surface area contributed by atoms with Crippen molar-refractivity contribution in [1.29, 1.82) is 0 Å². The molecule has 0 aromatic carbocycles. The van der Waals surface area contributed by atoms with Crippen molar-refractivity contribution in [1.82, 2.24) is 9.80 Å². The van der Waals surface area contributed by atoms with Gasteiger partial charge in [-0.25, -0.2) is 4.79 Å². The van der Waals surface area contributed by atoms with Crippen LogP contribution in [0.15, 0.2) is 0 Å². The van der Waals surface area contributed by atoms with E-state index < -0.39 is 0 Å². The number of hydrogen-bond acceptors (Lipinski definition) is 2. The second-order valence-corrected chi connectivity index (χ2v) is 3.16. The van der Waals surface area contributed by atoms with E-state index in [2.05, 4.69) is 0 Å². The molecule has 4 heteroatoms. The average Bonchev–Trinajstić information content (AvgIpc) is 2.04. The van der Waals surface area contributed by atoms with E-state index in [1.165, 1.54) is 0 Å². The highest BCUT2D eigenvalue weighted by Gasteiger charge is 2.26. The van der Waals surface area contributed by atoms with Crippen LogP contribution in [-0.4, -0.2) is 41.9 Å². The van der Waals surface area contributed by atoms with Crippen molar-refractivity contribution in [2.45, 2.75) is 26.8 Å². The lowest BCUT2D eigenvalue weighted by atomic mass is 10.3. The van der Waals surface area contributed by atoms with Crippen LogP contribution in [0.3, 0.4) is 0 Å². The fourth-order valence-corrected chi connectivity index (χ4v) is 1.14. The summed E-state index contributed by atoms with van der Waals surface area (Å²) in [5.74, 6) is 0. The molecule has 1 rings (SSSR count). The van der Waals surface area contributed by atoms with E-state index in [1.807, 2.05) is 20.8 Å². The standard InChI is InChI=1S/C8H16N2O2/c1-4-9-5-12-6-10(7(2)3)8(9)11/h7H,4-6H2,1-3H3. The smallest absolute Gasteiger partial charge is 0.323 e. The van der Waals surface area contributed by atoms with Gasteiger partial charge in [-0.15, -0.1) is 0 Å². The molecule has 1 saturated heterocycles. The van der Waals surface area contributed by atoms with Crippen LogP contribution in [-0.2, 0) is 4.74 Å². The number of carbonyl (C=O) groups excluding carboxylic acids is 1. The third-order valence-corrected chi connectivity index (χ3v) is 2.00. The van der Waals surface area contributed by atoms with Crippen molar-refractivity contribution >= 4 is 6.03 Å². The third kappa shape index (κ3) is 1.69. The van der Waals surface area contributed by atoms with E-state index in [4.69, 9.17) is 4.74 Å². The summed E-state index contributed by atoms with van der Waals surface area (Å²) >= 11 is 0. The Balaban J connectivity index is 2.59. The minimum Gasteiger partial charge on any atom is -0.341 e. The van der Waals surface area contributed by atoms with Gasteiger partial charge < -0.3 is 9.64 Å². The predicted octanol–water partition coefficient (Wildman–Crippen LogP) is 1.08. The third-order valence-electron chi connectivity index (χ3n) is 2.00. The maximum atomic E-state index is 11.6. The first-order chi connectivity index (χ1) is 5.66. The van der Waals surface area contributed by atoms with E-state index in [0.717, 1.165) is 0 Å². The second kappa shape index (κ2) is 3.76. The topological polar surface area (TPSA) is 32.8 Å². The zero-order chi connectivity index (χ0) is 9.14. The number of amides is 2. The van der Waals surface area contributed by atoms with Gasteiger partial charge in [-0.3, -0.25) is 4.90 Å². The molecule has 70 valence electrons. The number of ether oxygens (including phenoxy) is 1. The zero-order valence-electron chi connectivity index (χ0n) is 7.91. The minimum atomic E-state index is 0.0822. The first kappa shape index (κ1) is 9.32. The number of urea groups is 1. The molecule has 1 heterocycles. The SMILES string of the molecule is CCN1COCN(C(C)C)C1=O. The number of hydrogen-bond donors (Lipinski definition) is 0. The van der Waals surface area contributed by atoms with E-state index in [0.29, 0.717) is 20.0 Å². The molecule has 0 aliphatic carbocycles. The summed E-state index contributed by atoms with van der Waals surface area (Å²) < 4.78 is 5.25. The Kier molecular flexibility index (Phi) is 2.92. The molecule has 0 bridgehead atoms. The van der Waals surface area contributed by atoms with Crippen molar-refractivity contribution in [3.05, 3.63) is 0 Å². The first-order valence-electron chi connectivity index (χ1n) is 4.30. The Morgan fingerprint density at radius 3 is 2.67 bits per heavy atom. The van der Waals surface area contributed by atoms with Crippen LogP contribution in [0.1, 0.15) is 20.8 Å². The fraction of sp³-hybridized carbons (Fsp3) is 0.875. The van der Waals surface area contributed by atoms with Crippen molar-refractivity contribution < 1.29 is 9.53 Å². The Labute approximate surface area is 73.1 Å².